The van der Waals surface area contributed by atoms with Crippen molar-refractivity contribution in [2.75, 3.05) is 31.4 Å². The van der Waals surface area contributed by atoms with E-state index in [9.17, 15) is 4.79 Å². The molecule has 7 heteroatoms. The molecule has 0 saturated carbocycles. The highest BCUT2D eigenvalue weighted by Crippen LogP contribution is 2.14. The number of benzene rings is 1. The van der Waals surface area contributed by atoms with Crippen molar-refractivity contribution in [3.63, 3.8) is 0 Å². The van der Waals surface area contributed by atoms with Gasteiger partial charge < -0.3 is 20.3 Å². The van der Waals surface area contributed by atoms with Crippen LogP contribution in [0.4, 0.5) is 16.4 Å². The number of rotatable bonds is 5. The smallest absolute Gasteiger partial charge is 0.319 e. The summed E-state index contributed by atoms with van der Waals surface area (Å²) in [6.45, 7) is 0.325. The molecule has 22 heavy (non-hydrogen) atoms. The highest BCUT2D eigenvalue weighted by Gasteiger charge is 2.05. The van der Waals surface area contributed by atoms with E-state index in [-0.39, 0.29) is 6.03 Å². The number of nitrogens with one attached hydrogen (secondary N) is 2. The number of nitrogens with zero attached hydrogens (tertiary/aromatic N) is 3. The van der Waals surface area contributed by atoms with E-state index in [4.69, 9.17) is 4.74 Å². The van der Waals surface area contributed by atoms with Gasteiger partial charge in [-0.05, 0) is 30.3 Å². The zero-order valence-electron chi connectivity index (χ0n) is 12.8. The first-order chi connectivity index (χ1) is 10.6. The second-order valence-electron chi connectivity index (χ2n) is 4.78. The van der Waals surface area contributed by atoms with E-state index in [1.165, 1.54) is 0 Å². The van der Waals surface area contributed by atoms with Crippen molar-refractivity contribution in [2.24, 2.45) is 0 Å². The summed E-state index contributed by atoms with van der Waals surface area (Å²) in [6.07, 6.45) is 1.67. The highest BCUT2D eigenvalue weighted by atomic mass is 16.5. The molecule has 0 fully saturated rings. The Morgan fingerprint density at radius 1 is 1.23 bits per heavy atom. The third-order valence-corrected chi connectivity index (χ3v) is 2.88. The summed E-state index contributed by atoms with van der Waals surface area (Å²) < 4.78 is 5.06. The molecule has 1 heterocycles. The van der Waals surface area contributed by atoms with Gasteiger partial charge in [-0.2, -0.15) is 0 Å². The Morgan fingerprint density at radius 3 is 2.59 bits per heavy atom. The molecule has 0 saturated heterocycles. The van der Waals surface area contributed by atoms with Crippen LogP contribution in [0.1, 0.15) is 5.69 Å². The minimum Gasteiger partial charge on any atom is -0.497 e. The van der Waals surface area contributed by atoms with Gasteiger partial charge in [-0.1, -0.05) is 0 Å². The van der Waals surface area contributed by atoms with Crippen molar-refractivity contribution in [1.82, 2.24) is 15.3 Å². The first-order valence-electron chi connectivity index (χ1n) is 6.76. The quantitative estimate of drug-likeness (QED) is 0.881. The van der Waals surface area contributed by atoms with Crippen LogP contribution in [0.25, 0.3) is 0 Å². The van der Waals surface area contributed by atoms with Crippen molar-refractivity contribution in [3.8, 4) is 5.75 Å². The van der Waals surface area contributed by atoms with E-state index in [2.05, 4.69) is 20.6 Å². The summed E-state index contributed by atoms with van der Waals surface area (Å²) in [5.41, 5.74) is 1.43. The molecule has 2 aromatic rings. The molecule has 0 aliphatic carbocycles. The van der Waals surface area contributed by atoms with Gasteiger partial charge in [-0.15, -0.1) is 0 Å². The number of anilines is 2. The van der Waals surface area contributed by atoms with Crippen molar-refractivity contribution in [1.29, 1.82) is 0 Å². The van der Waals surface area contributed by atoms with E-state index in [1.54, 1.807) is 48.5 Å². The molecule has 0 bridgehead atoms. The largest absolute Gasteiger partial charge is 0.497 e. The van der Waals surface area contributed by atoms with Crippen molar-refractivity contribution >= 4 is 17.7 Å². The molecular weight excluding hydrogens is 282 g/mol. The molecule has 0 aliphatic heterocycles. The Kier molecular flexibility index (Phi) is 5.13. The number of methoxy groups -OCH3 is 1. The minimum absolute atomic E-state index is 0.296. The monoisotopic (exact) mass is 301 g/mol. The van der Waals surface area contributed by atoms with Crippen LogP contribution in [0.5, 0.6) is 5.75 Å². The molecule has 2 amide bonds. The first-order valence-corrected chi connectivity index (χ1v) is 6.76. The van der Waals surface area contributed by atoms with Gasteiger partial charge in [0.25, 0.3) is 0 Å². The molecule has 0 aliphatic rings. The molecule has 116 valence electrons. The van der Waals surface area contributed by atoms with Gasteiger partial charge in [0.05, 0.1) is 19.3 Å². The summed E-state index contributed by atoms with van der Waals surface area (Å²) in [4.78, 5) is 22.1. The summed E-state index contributed by atoms with van der Waals surface area (Å²) in [6, 6.07) is 8.57. The van der Waals surface area contributed by atoms with Gasteiger partial charge in [-0.3, -0.25) is 0 Å². The third kappa shape index (κ3) is 4.34. The number of hydrogen-bond acceptors (Lipinski definition) is 5. The lowest BCUT2D eigenvalue weighted by molar-refractivity contribution is 0.251. The second-order valence-corrected chi connectivity index (χ2v) is 4.78. The molecule has 0 unspecified atom stereocenters. The van der Waals surface area contributed by atoms with Gasteiger partial charge in [0.1, 0.15) is 5.75 Å². The van der Waals surface area contributed by atoms with E-state index >= 15 is 0 Å². The Bertz CT molecular complexity index is 628. The third-order valence-electron chi connectivity index (χ3n) is 2.88. The molecule has 0 atom stereocenters. The Balaban J connectivity index is 1.88. The highest BCUT2D eigenvalue weighted by molar-refractivity contribution is 5.89. The summed E-state index contributed by atoms with van der Waals surface area (Å²) in [5.74, 6) is 1.35. The number of carbonyl (C=O) groups is 1. The molecule has 2 N–H and O–H groups in total. The van der Waals surface area contributed by atoms with Crippen molar-refractivity contribution < 1.29 is 9.53 Å². The fraction of sp³-hybridized carbons (Fsp3) is 0.267. The van der Waals surface area contributed by atoms with Crippen molar-refractivity contribution in [2.45, 2.75) is 6.54 Å². The zero-order chi connectivity index (χ0) is 15.9. The van der Waals surface area contributed by atoms with Crippen molar-refractivity contribution in [3.05, 3.63) is 42.2 Å². The molecule has 1 aromatic heterocycles. The number of aromatic nitrogens is 2. The van der Waals surface area contributed by atoms with Gasteiger partial charge in [0.2, 0.25) is 5.95 Å². The second kappa shape index (κ2) is 7.26. The topological polar surface area (TPSA) is 79.4 Å². The summed E-state index contributed by atoms with van der Waals surface area (Å²) in [5, 5.41) is 5.49. The number of carbonyl (C=O) groups excluding carboxylic acids is 1. The van der Waals surface area contributed by atoms with Gasteiger partial charge in [0, 0.05) is 26.0 Å². The first kappa shape index (κ1) is 15.6. The normalized spacial score (nSPS) is 9.95. The van der Waals surface area contributed by atoms with Crippen LogP contribution in [-0.4, -0.2) is 37.2 Å². The Labute approximate surface area is 129 Å². The maximum atomic E-state index is 11.9. The van der Waals surface area contributed by atoms with Crippen LogP contribution in [0, 0.1) is 0 Å². The molecule has 2 rings (SSSR count). The summed E-state index contributed by atoms with van der Waals surface area (Å²) >= 11 is 0. The van der Waals surface area contributed by atoms with E-state index in [1.807, 2.05) is 14.1 Å². The average Bonchev–Trinajstić information content (AvgIpc) is 2.54. The van der Waals surface area contributed by atoms with Crippen LogP contribution in [0.3, 0.4) is 0 Å². The molecule has 0 spiro atoms. The standard InChI is InChI=1S/C15H19N5O2/c1-20(2)14-16-9-8-12(18-14)10-17-15(21)19-11-4-6-13(22-3)7-5-11/h4-9H,10H2,1-3H3,(H2,17,19,21). The molecule has 1 aromatic carbocycles. The predicted molar refractivity (Wildman–Crippen MR) is 85.2 cm³/mol. The van der Waals surface area contributed by atoms with Gasteiger partial charge in [-0.25, -0.2) is 14.8 Å². The van der Waals surface area contributed by atoms with Crippen LogP contribution in [0.15, 0.2) is 36.5 Å². The van der Waals surface area contributed by atoms with E-state index < -0.39 is 0 Å². The van der Waals surface area contributed by atoms with Gasteiger partial charge >= 0.3 is 6.03 Å². The number of hydrogen-bond donors (Lipinski definition) is 2. The zero-order valence-corrected chi connectivity index (χ0v) is 12.8. The predicted octanol–water partition coefficient (Wildman–Crippen LogP) is 1.87. The lowest BCUT2D eigenvalue weighted by Gasteiger charge is -2.11. The number of urea groups is 1. The lowest BCUT2D eigenvalue weighted by Crippen LogP contribution is -2.28. The average molecular weight is 301 g/mol. The SMILES string of the molecule is COc1ccc(NC(=O)NCc2ccnc(N(C)C)n2)cc1. The minimum atomic E-state index is -0.296. The number of ether oxygens (including phenoxy) is 1. The van der Waals surface area contributed by atoms with Crippen LogP contribution >= 0.6 is 0 Å². The maximum absolute atomic E-state index is 11.9. The molecular formula is C15H19N5O2. The fourth-order valence-corrected chi connectivity index (χ4v) is 1.72. The fourth-order valence-electron chi connectivity index (χ4n) is 1.72. The maximum Gasteiger partial charge on any atom is 0.319 e. The Morgan fingerprint density at radius 2 is 1.95 bits per heavy atom. The molecule has 7 nitrogen and oxygen atoms in total. The van der Waals surface area contributed by atoms with Crippen LogP contribution in [-0.2, 0) is 6.54 Å². The van der Waals surface area contributed by atoms with Crippen LogP contribution in [0.2, 0.25) is 0 Å². The lowest BCUT2D eigenvalue weighted by atomic mass is 10.3. The summed E-state index contributed by atoms with van der Waals surface area (Å²) in [7, 11) is 5.32. The van der Waals surface area contributed by atoms with E-state index in [0.29, 0.717) is 18.2 Å². The van der Waals surface area contributed by atoms with Crippen LogP contribution < -0.4 is 20.3 Å². The van der Waals surface area contributed by atoms with Gasteiger partial charge in [0.15, 0.2) is 0 Å². The number of amides is 2. The van der Waals surface area contributed by atoms with E-state index in [0.717, 1.165) is 11.4 Å². The Hall–Kier alpha value is -2.83. The molecule has 0 radical (unpaired) electrons.